The molecule has 2 aliphatic rings. The van der Waals surface area contributed by atoms with E-state index in [-0.39, 0.29) is 5.41 Å². The van der Waals surface area contributed by atoms with E-state index in [1.54, 1.807) is 12.4 Å². The number of fused-ring (bicyclic) bond motifs is 1. The highest BCUT2D eigenvalue weighted by molar-refractivity contribution is 5.16. The van der Waals surface area contributed by atoms with Crippen LogP contribution in [0.25, 0.3) is 0 Å². The first-order valence-electron chi connectivity index (χ1n) is 7.11. The van der Waals surface area contributed by atoms with Gasteiger partial charge in [-0.25, -0.2) is 0 Å². The van der Waals surface area contributed by atoms with Crippen molar-refractivity contribution in [3.05, 3.63) is 24.5 Å². The van der Waals surface area contributed by atoms with E-state index in [2.05, 4.69) is 16.9 Å². The molecule has 0 radical (unpaired) electrons. The van der Waals surface area contributed by atoms with Crippen LogP contribution in [-0.2, 0) is 4.74 Å². The Morgan fingerprint density at radius 2 is 2.53 bits per heavy atom. The van der Waals surface area contributed by atoms with E-state index < -0.39 is 0 Å². The average molecular weight is 262 g/mol. The first-order valence-corrected chi connectivity index (χ1v) is 7.11. The van der Waals surface area contributed by atoms with Gasteiger partial charge in [0.1, 0.15) is 5.75 Å². The number of pyridine rings is 1. The molecule has 2 saturated heterocycles. The van der Waals surface area contributed by atoms with Gasteiger partial charge in [0, 0.05) is 31.3 Å². The zero-order valence-electron chi connectivity index (χ0n) is 11.5. The lowest BCUT2D eigenvalue weighted by Gasteiger charge is -2.49. The normalized spacial score (nSPS) is 31.7. The number of piperidine rings is 1. The summed E-state index contributed by atoms with van der Waals surface area (Å²) < 4.78 is 12.0. The maximum Gasteiger partial charge on any atom is 0.137 e. The Bertz CT molecular complexity index is 412. The summed E-state index contributed by atoms with van der Waals surface area (Å²) in [6.07, 6.45) is 7.36. The molecule has 104 valence electrons. The monoisotopic (exact) mass is 262 g/mol. The highest BCUT2D eigenvalue weighted by Crippen LogP contribution is 2.40. The summed E-state index contributed by atoms with van der Waals surface area (Å²) in [6.45, 7) is 3.83. The molecule has 0 saturated carbocycles. The quantitative estimate of drug-likeness (QED) is 0.834. The van der Waals surface area contributed by atoms with Gasteiger partial charge >= 0.3 is 0 Å². The van der Waals surface area contributed by atoms with Crippen molar-refractivity contribution >= 4 is 0 Å². The molecule has 0 amide bonds. The predicted octanol–water partition coefficient (Wildman–Crippen LogP) is 1.96. The van der Waals surface area contributed by atoms with E-state index >= 15 is 0 Å². The number of hydrogen-bond donors (Lipinski definition) is 0. The first kappa shape index (κ1) is 12.9. The van der Waals surface area contributed by atoms with Crippen LogP contribution in [0.3, 0.4) is 0 Å². The molecular formula is C15H22N2O2. The molecule has 0 spiro atoms. The topological polar surface area (TPSA) is 34.6 Å². The second-order valence-electron chi connectivity index (χ2n) is 5.83. The van der Waals surface area contributed by atoms with Crippen LogP contribution >= 0.6 is 0 Å². The van der Waals surface area contributed by atoms with Crippen LogP contribution in [0.4, 0.5) is 0 Å². The molecule has 3 heterocycles. The number of ether oxygens (including phenoxy) is 2. The van der Waals surface area contributed by atoms with E-state index in [4.69, 9.17) is 9.47 Å². The summed E-state index contributed by atoms with van der Waals surface area (Å²) in [6, 6.07) is 3.88. The molecule has 0 aromatic carbocycles. The number of hydrogen-bond acceptors (Lipinski definition) is 4. The van der Waals surface area contributed by atoms with Gasteiger partial charge in [-0.05, 0) is 38.4 Å². The lowest BCUT2D eigenvalue weighted by Crippen LogP contribution is -2.56. The van der Waals surface area contributed by atoms with Gasteiger partial charge in [0.2, 0.25) is 0 Å². The minimum atomic E-state index is 0.154. The maximum atomic E-state index is 6.00. The molecule has 0 bridgehead atoms. The van der Waals surface area contributed by atoms with Gasteiger partial charge in [0.25, 0.3) is 0 Å². The van der Waals surface area contributed by atoms with Crippen LogP contribution in [-0.4, -0.2) is 49.3 Å². The van der Waals surface area contributed by atoms with Gasteiger partial charge in [-0.15, -0.1) is 0 Å². The number of likely N-dealkylation sites (tertiary alicyclic amines) is 1. The van der Waals surface area contributed by atoms with Crippen LogP contribution in [0.15, 0.2) is 24.5 Å². The fraction of sp³-hybridized carbons (Fsp3) is 0.667. The van der Waals surface area contributed by atoms with Crippen molar-refractivity contribution < 1.29 is 9.47 Å². The lowest BCUT2D eigenvalue weighted by atomic mass is 9.73. The SMILES string of the molecule is CN1CC[C@H]2OCCC[C@]2(COc2cccnc2)C1. The van der Waals surface area contributed by atoms with Crippen LogP contribution in [0.5, 0.6) is 5.75 Å². The standard InChI is InChI=1S/C15H22N2O2/c1-17-8-5-14-15(11-17,6-3-9-18-14)12-19-13-4-2-7-16-10-13/h2,4,7,10,14H,3,5-6,8-9,11-12H2,1H3/t14-,15-/m1/s1. The molecule has 2 atom stereocenters. The van der Waals surface area contributed by atoms with Crippen molar-refractivity contribution in [2.24, 2.45) is 5.41 Å². The van der Waals surface area contributed by atoms with Gasteiger partial charge in [0.15, 0.2) is 0 Å². The molecule has 2 aliphatic heterocycles. The highest BCUT2D eigenvalue weighted by atomic mass is 16.5. The van der Waals surface area contributed by atoms with E-state index in [1.807, 2.05) is 12.1 Å². The van der Waals surface area contributed by atoms with E-state index in [0.717, 1.165) is 44.9 Å². The Hall–Kier alpha value is -1.13. The zero-order valence-corrected chi connectivity index (χ0v) is 11.5. The fourth-order valence-electron chi connectivity index (χ4n) is 3.38. The van der Waals surface area contributed by atoms with Crippen molar-refractivity contribution in [3.63, 3.8) is 0 Å². The number of rotatable bonds is 3. The first-order chi connectivity index (χ1) is 9.28. The maximum absolute atomic E-state index is 6.00. The number of nitrogens with zero attached hydrogens (tertiary/aromatic N) is 2. The van der Waals surface area contributed by atoms with Crippen molar-refractivity contribution in [2.45, 2.75) is 25.4 Å². The van der Waals surface area contributed by atoms with Crippen molar-refractivity contribution in [1.82, 2.24) is 9.88 Å². The van der Waals surface area contributed by atoms with E-state index in [9.17, 15) is 0 Å². The summed E-state index contributed by atoms with van der Waals surface area (Å²) in [4.78, 5) is 6.50. The molecule has 19 heavy (non-hydrogen) atoms. The molecule has 1 aromatic heterocycles. The zero-order chi connectivity index (χ0) is 13.1. The van der Waals surface area contributed by atoms with Gasteiger partial charge in [-0.2, -0.15) is 0 Å². The molecule has 3 rings (SSSR count). The summed E-state index contributed by atoms with van der Waals surface area (Å²) >= 11 is 0. The molecule has 0 N–H and O–H groups in total. The van der Waals surface area contributed by atoms with Crippen LogP contribution < -0.4 is 4.74 Å². The Morgan fingerprint density at radius 3 is 3.37 bits per heavy atom. The smallest absolute Gasteiger partial charge is 0.137 e. The predicted molar refractivity (Wildman–Crippen MR) is 73.3 cm³/mol. The Labute approximate surface area is 114 Å². The minimum Gasteiger partial charge on any atom is -0.491 e. The van der Waals surface area contributed by atoms with Crippen molar-refractivity contribution in [2.75, 3.05) is 33.4 Å². The molecule has 2 fully saturated rings. The third-order valence-corrected chi connectivity index (χ3v) is 4.34. The van der Waals surface area contributed by atoms with Crippen LogP contribution in [0, 0.1) is 5.41 Å². The van der Waals surface area contributed by atoms with Gasteiger partial charge in [-0.1, -0.05) is 0 Å². The lowest BCUT2D eigenvalue weighted by molar-refractivity contribution is -0.136. The third-order valence-electron chi connectivity index (χ3n) is 4.34. The molecule has 1 aromatic rings. The van der Waals surface area contributed by atoms with Gasteiger partial charge in [-0.3, -0.25) is 4.98 Å². The summed E-state index contributed by atoms with van der Waals surface area (Å²) in [5.41, 5.74) is 0.154. The second kappa shape index (κ2) is 5.47. The largest absolute Gasteiger partial charge is 0.491 e. The third kappa shape index (κ3) is 2.74. The highest BCUT2D eigenvalue weighted by Gasteiger charge is 2.45. The summed E-state index contributed by atoms with van der Waals surface area (Å²) in [7, 11) is 2.19. The second-order valence-corrected chi connectivity index (χ2v) is 5.83. The molecular weight excluding hydrogens is 240 g/mol. The van der Waals surface area contributed by atoms with E-state index in [1.165, 1.54) is 6.42 Å². The summed E-state index contributed by atoms with van der Waals surface area (Å²) in [5.74, 6) is 0.856. The van der Waals surface area contributed by atoms with Crippen molar-refractivity contribution in [3.8, 4) is 5.75 Å². The number of aromatic nitrogens is 1. The Kier molecular flexibility index (Phi) is 3.71. The molecule has 0 unspecified atom stereocenters. The average Bonchev–Trinajstić information content (AvgIpc) is 2.46. The van der Waals surface area contributed by atoms with Crippen LogP contribution in [0.1, 0.15) is 19.3 Å². The summed E-state index contributed by atoms with van der Waals surface area (Å²) in [5, 5.41) is 0. The van der Waals surface area contributed by atoms with Gasteiger partial charge in [0.05, 0.1) is 18.9 Å². The molecule has 4 nitrogen and oxygen atoms in total. The van der Waals surface area contributed by atoms with E-state index in [0.29, 0.717) is 6.10 Å². The Morgan fingerprint density at radius 1 is 1.58 bits per heavy atom. The van der Waals surface area contributed by atoms with Crippen LogP contribution in [0.2, 0.25) is 0 Å². The fourth-order valence-corrected chi connectivity index (χ4v) is 3.38. The van der Waals surface area contributed by atoms with Crippen molar-refractivity contribution in [1.29, 1.82) is 0 Å². The Balaban J connectivity index is 1.71. The molecule has 4 heteroatoms. The van der Waals surface area contributed by atoms with Gasteiger partial charge < -0.3 is 14.4 Å². The molecule has 0 aliphatic carbocycles. The minimum absolute atomic E-state index is 0.154.